The number of carbonyl (C=O) groups excluding carboxylic acids is 1. The molecule has 4 heteroatoms. The van der Waals surface area contributed by atoms with Gasteiger partial charge in [-0.25, -0.2) is 0 Å². The van der Waals surface area contributed by atoms with Crippen molar-refractivity contribution in [3.63, 3.8) is 0 Å². The monoisotopic (exact) mass is 338 g/mol. The first-order valence-electron chi connectivity index (χ1n) is 9.39. The second-order valence-corrected chi connectivity index (χ2v) is 7.34. The SMILES string of the molecule is Cc1ccc(C(=O)N2CCC(NC3CCCc4occc43)CC2)cc1. The lowest BCUT2D eigenvalue weighted by molar-refractivity contribution is 0.0700. The third-order valence-corrected chi connectivity index (χ3v) is 5.57. The maximum atomic E-state index is 12.6. The number of likely N-dealkylation sites (tertiary alicyclic amines) is 1. The Morgan fingerprint density at radius 3 is 2.64 bits per heavy atom. The van der Waals surface area contributed by atoms with Crippen molar-refractivity contribution < 1.29 is 9.21 Å². The fraction of sp³-hybridized carbons (Fsp3) is 0.476. The van der Waals surface area contributed by atoms with Crippen LogP contribution in [-0.4, -0.2) is 29.9 Å². The minimum atomic E-state index is 0.160. The van der Waals surface area contributed by atoms with Gasteiger partial charge in [0, 0.05) is 42.7 Å². The van der Waals surface area contributed by atoms with Gasteiger partial charge in [0.15, 0.2) is 0 Å². The highest BCUT2D eigenvalue weighted by atomic mass is 16.3. The third-order valence-electron chi connectivity index (χ3n) is 5.57. The molecule has 0 saturated carbocycles. The Balaban J connectivity index is 1.33. The summed E-state index contributed by atoms with van der Waals surface area (Å²) in [5, 5.41) is 3.81. The van der Waals surface area contributed by atoms with Gasteiger partial charge in [0.25, 0.3) is 5.91 Å². The van der Waals surface area contributed by atoms with E-state index in [0.29, 0.717) is 12.1 Å². The minimum absolute atomic E-state index is 0.160. The lowest BCUT2D eigenvalue weighted by Gasteiger charge is -2.35. The molecule has 1 amide bonds. The summed E-state index contributed by atoms with van der Waals surface area (Å²) in [5.41, 5.74) is 3.32. The van der Waals surface area contributed by atoms with Gasteiger partial charge in [-0.3, -0.25) is 4.79 Å². The number of hydrogen-bond acceptors (Lipinski definition) is 3. The summed E-state index contributed by atoms with van der Waals surface area (Å²) in [7, 11) is 0. The Labute approximate surface area is 149 Å². The first-order chi connectivity index (χ1) is 12.2. The van der Waals surface area contributed by atoms with Crippen LogP contribution in [0.4, 0.5) is 0 Å². The molecule has 1 aliphatic carbocycles. The molecule has 2 aromatic rings. The number of hydrogen-bond donors (Lipinski definition) is 1. The molecular formula is C21H26N2O2. The van der Waals surface area contributed by atoms with Crippen molar-refractivity contribution in [3.05, 3.63) is 59.0 Å². The number of benzene rings is 1. The summed E-state index contributed by atoms with van der Waals surface area (Å²) >= 11 is 0. The molecule has 1 unspecified atom stereocenters. The van der Waals surface area contributed by atoms with Gasteiger partial charge >= 0.3 is 0 Å². The van der Waals surface area contributed by atoms with E-state index in [-0.39, 0.29) is 5.91 Å². The summed E-state index contributed by atoms with van der Waals surface area (Å²) in [5.74, 6) is 1.31. The molecule has 1 N–H and O–H groups in total. The second-order valence-electron chi connectivity index (χ2n) is 7.34. The molecule has 1 fully saturated rings. The lowest BCUT2D eigenvalue weighted by Crippen LogP contribution is -2.46. The number of carbonyl (C=O) groups is 1. The van der Waals surface area contributed by atoms with Gasteiger partial charge in [0.05, 0.1) is 6.26 Å². The second kappa shape index (κ2) is 7.04. The number of nitrogens with zero attached hydrogens (tertiary/aromatic N) is 1. The molecule has 132 valence electrons. The summed E-state index contributed by atoms with van der Waals surface area (Å²) in [4.78, 5) is 14.6. The van der Waals surface area contributed by atoms with Crippen LogP contribution < -0.4 is 5.32 Å². The molecule has 2 heterocycles. The standard InChI is InChI=1S/C21H26N2O2/c1-15-5-7-16(8-6-15)21(24)23-12-9-17(10-13-23)22-19-3-2-4-20-18(19)11-14-25-20/h5-8,11,14,17,19,22H,2-4,9-10,12-13H2,1H3. The van der Waals surface area contributed by atoms with Crippen LogP contribution in [0.15, 0.2) is 41.0 Å². The van der Waals surface area contributed by atoms with Crippen LogP contribution >= 0.6 is 0 Å². The molecule has 0 radical (unpaired) electrons. The summed E-state index contributed by atoms with van der Waals surface area (Å²) in [6.07, 6.45) is 7.26. The van der Waals surface area contributed by atoms with Crippen LogP contribution in [0.2, 0.25) is 0 Å². The van der Waals surface area contributed by atoms with E-state index in [0.717, 1.165) is 43.7 Å². The van der Waals surface area contributed by atoms with Crippen molar-refractivity contribution >= 4 is 5.91 Å². The van der Waals surface area contributed by atoms with Crippen molar-refractivity contribution in [2.45, 2.75) is 51.1 Å². The molecule has 4 rings (SSSR count). The minimum Gasteiger partial charge on any atom is -0.469 e. The predicted molar refractivity (Wildman–Crippen MR) is 97.6 cm³/mol. The van der Waals surface area contributed by atoms with Gasteiger partial charge in [0.2, 0.25) is 0 Å². The van der Waals surface area contributed by atoms with Crippen molar-refractivity contribution in [2.75, 3.05) is 13.1 Å². The van der Waals surface area contributed by atoms with Gasteiger partial charge in [-0.05, 0) is 50.8 Å². The van der Waals surface area contributed by atoms with Crippen LogP contribution in [0.5, 0.6) is 0 Å². The van der Waals surface area contributed by atoms with Crippen molar-refractivity contribution in [2.24, 2.45) is 0 Å². The van der Waals surface area contributed by atoms with Crippen LogP contribution in [0.3, 0.4) is 0 Å². The lowest BCUT2D eigenvalue weighted by atomic mass is 9.91. The molecule has 2 aliphatic rings. The van der Waals surface area contributed by atoms with E-state index in [1.54, 1.807) is 0 Å². The number of aryl methyl sites for hydroxylation is 2. The first-order valence-corrected chi connectivity index (χ1v) is 9.39. The Kier molecular flexibility index (Phi) is 4.62. The zero-order chi connectivity index (χ0) is 17.2. The van der Waals surface area contributed by atoms with Gasteiger partial charge in [0.1, 0.15) is 5.76 Å². The van der Waals surface area contributed by atoms with Crippen LogP contribution in [0.1, 0.15) is 59.0 Å². The third kappa shape index (κ3) is 3.49. The van der Waals surface area contributed by atoms with Crippen LogP contribution in [-0.2, 0) is 6.42 Å². The first kappa shape index (κ1) is 16.4. The molecule has 1 saturated heterocycles. The maximum Gasteiger partial charge on any atom is 0.253 e. The van der Waals surface area contributed by atoms with E-state index in [9.17, 15) is 4.79 Å². The van der Waals surface area contributed by atoms with Crippen molar-refractivity contribution in [1.82, 2.24) is 10.2 Å². The van der Waals surface area contributed by atoms with E-state index in [1.165, 1.54) is 24.0 Å². The van der Waals surface area contributed by atoms with E-state index in [1.807, 2.05) is 42.4 Å². The topological polar surface area (TPSA) is 45.5 Å². The fourth-order valence-electron chi connectivity index (χ4n) is 4.07. The molecule has 1 aromatic carbocycles. The van der Waals surface area contributed by atoms with Crippen LogP contribution in [0.25, 0.3) is 0 Å². The molecule has 1 atom stereocenters. The van der Waals surface area contributed by atoms with E-state index in [4.69, 9.17) is 4.42 Å². The Hall–Kier alpha value is -2.07. The number of piperidine rings is 1. The average molecular weight is 338 g/mol. The average Bonchev–Trinajstić information content (AvgIpc) is 3.12. The van der Waals surface area contributed by atoms with E-state index >= 15 is 0 Å². The summed E-state index contributed by atoms with van der Waals surface area (Å²) in [6.45, 7) is 3.70. The highest BCUT2D eigenvalue weighted by molar-refractivity contribution is 5.94. The quantitative estimate of drug-likeness (QED) is 0.924. The number of amides is 1. The van der Waals surface area contributed by atoms with Crippen LogP contribution in [0, 0.1) is 6.92 Å². The van der Waals surface area contributed by atoms with Gasteiger partial charge in [-0.2, -0.15) is 0 Å². The molecule has 4 nitrogen and oxygen atoms in total. The predicted octanol–water partition coefficient (Wildman–Crippen LogP) is 3.86. The van der Waals surface area contributed by atoms with Crippen molar-refractivity contribution in [3.8, 4) is 0 Å². The normalized spacial score (nSPS) is 21.2. The fourth-order valence-corrected chi connectivity index (χ4v) is 4.07. The Morgan fingerprint density at radius 1 is 1.12 bits per heavy atom. The molecule has 25 heavy (non-hydrogen) atoms. The highest BCUT2D eigenvalue weighted by Crippen LogP contribution is 2.31. The van der Waals surface area contributed by atoms with Gasteiger partial charge in [-0.1, -0.05) is 17.7 Å². The Bertz CT molecular complexity index is 727. The van der Waals surface area contributed by atoms with E-state index < -0.39 is 0 Å². The Morgan fingerprint density at radius 2 is 1.88 bits per heavy atom. The molecule has 0 spiro atoms. The number of rotatable bonds is 3. The number of nitrogens with one attached hydrogen (secondary N) is 1. The molecule has 0 bridgehead atoms. The molecule has 1 aliphatic heterocycles. The number of fused-ring (bicyclic) bond motifs is 1. The largest absolute Gasteiger partial charge is 0.469 e. The highest BCUT2D eigenvalue weighted by Gasteiger charge is 2.28. The zero-order valence-electron chi connectivity index (χ0n) is 14.8. The smallest absolute Gasteiger partial charge is 0.253 e. The number of furan rings is 1. The van der Waals surface area contributed by atoms with Gasteiger partial charge < -0.3 is 14.6 Å². The van der Waals surface area contributed by atoms with Crippen molar-refractivity contribution in [1.29, 1.82) is 0 Å². The summed E-state index contributed by atoms with van der Waals surface area (Å²) < 4.78 is 5.59. The van der Waals surface area contributed by atoms with Gasteiger partial charge in [-0.15, -0.1) is 0 Å². The summed E-state index contributed by atoms with van der Waals surface area (Å²) in [6, 6.07) is 10.9. The molecular weight excluding hydrogens is 312 g/mol. The molecule has 1 aromatic heterocycles. The van der Waals surface area contributed by atoms with E-state index in [2.05, 4.69) is 11.4 Å². The zero-order valence-corrected chi connectivity index (χ0v) is 14.8. The maximum absolute atomic E-state index is 12.6.